The summed E-state index contributed by atoms with van der Waals surface area (Å²) >= 11 is 0. The summed E-state index contributed by atoms with van der Waals surface area (Å²) in [6.07, 6.45) is 19.5. The third kappa shape index (κ3) is 16.2. The average Bonchev–Trinajstić information content (AvgIpc) is 2.48. The first-order valence-corrected chi connectivity index (χ1v) is 10.2. The zero-order valence-corrected chi connectivity index (χ0v) is 16.8. The van der Waals surface area contributed by atoms with Gasteiger partial charge in [0.2, 0.25) is 0 Å². The van der Waals surface area contributed by atoms with E-state index in [4.69, 9.17) is 0 Å². The number of hydrogen-bond acceptors (Lipinski definition) is 0. The van der Waals surface area contributed by atoms with Crippen molar-refractivity contribution in [1.82, 2.24) is 0 Å². The summed E-state index contributed by atoms with van der Waals surface area (Å²) in [6.45, 7) is 15.3. The molecule has 0 saturated heterocycles. The van der Waals surface area contributed by atoms with Crippen LogP contribution in [-0.2, 0) is 0 Å². The Hall–Kier alpha value is -0.455. The lowest BCUT2D eigenvalue weighted by atomic mass is 9.89. The van der Waals surface area contributed by atoms with Crippen molar-refractivity contribution in [3.05, 3.63) is 24.8 Å². The van der Waals surface area contributed by atoms with Gasteiger partial charge < -0.3 is 0 Å². The standard InChI is InChI=1S/C22H43B/c1-6-21(17-11-13-19-23)16-10-9-15-20(2)14-8-7-12-18-22(3,4)5/h6,21H,1-2,7-19,23H2,3-5H3. The van der Waals surface area contributed by atoms with Crippen molar-refractivity contribution < 1.29 is 0 Å². The van der Waals surface area contributed by atoms with E-state index in [1.807, 2.05) is 0 Å². The fourth-order valence-electron chi connectivity index (χ4n) is 3.15. The van der Waals surface area contributed by atoms with Crippen LogP contribution in [0.2, 0.25) is 6.32 Å². The Morgan fingerprint density at radius 2 is 1.48 bits per heavy atom. The lowest BCUT2D eigenvalue weighted by molar-refractivity contribution is 0.358. The van der Waals surface area contributed by atoms with E-state index in [0.29, 0.717) is 5.41 Å². The first-order valence-electron chi connectivity index (χ1n) is 10.2. The van der Waals surface area contributed by atoms with Gasteiger partial charge in [-0.3, -0.25) is 0 Å². The van der Waals surface area contributed by atoms with E-state index in [-0.39, 0.29) is 0 Å². The minimum atomic E-state index is 0.496. The van der Waals surface area contributed by atoms with Gasteiger partial charge in [0.1, 0.15) is 7.85 Å². The second-order valence-electron chi connectivity index (χ2n) is 8.61. The van der Waals surface area contributed by atoms with Crippen molar-refractivity contribution in [3.8, 4) is 0 Å². The third-order valence-electron chi connectivity index (χ3n) is 4.82. The van der Waals surface area contributed by atoms with Gasteiger partial charge >= 0.3 is 0 Å². The quantitative estimate of drug-likeness (QED) is 0.171. The topological polar surface area (TPSA) is 0 Å². The summed E-state index contributed by atoms with van der Waals surface area (Å²) in [5, 5.41) is 0. The summed E-state index contributed by atoms with van der Waals surface area (Å²) in [4.78, 5) is 0. The minimum absolute atomic E-state index is 0.496. The number of allylic oxidation sites excluding steroid dienone is 2. The van der Waals surface area contributed by atoms with Crippen LogP contribution in [0.25, 0.3) is 0 Å². The fourth-order valence-corrected chi connectivity index (χ4v) is 3.15. The first-order chi connectivity index (χ1) is 10.9. The Morgan fingerprint density at radius 1 is 0.913 bits per heavy atom. The van der Waals surface area contributed by atoms with Gasteiger partial charge in [-0.2, -0.15) is 0 Å². The van der Waals surface area contributed by atoms with Crippen LogP contribution in [0, 0.1) is 11.3 Å². The highest BCUT2D eigenvalue weighted by Gasteiger charge is 2.09. The predicted molar refractivity (Wildman–Crippen MR) is 111 cm³/mol. The smallest absolute Gasteiger partial charge is 0.101 e. The molecule has 0 nitrogen and oxygen atoms in total. The van der Waals surface area contributed by atoms with Crippen molar-refractivity contribution in [3.63, 3.8) is 0 Å². The molecule has 1 heteroatoms. The molecular formula is C22H43B. The summed E-state index contributed by atoms with van der Waals surface area (Å²) in [5.41, 5.74) is 1.97. The Balaban J connectivity index is 3.53. The lowest BCUT2D eigenvalue weighted by Crippen LogP contribution is -2.03. The van der Waals surface area contributed by atoms with Gasteiger partial charge in [0.15, 0.2) is 0 Å². The zero-order chi connectivity index (χ0) is 17.6. The van der Waals surface area contributed by atoms with Crippen LogP contribution in [0.1, 0.15) is 97.8 Å². The Labute approximate surface area is 148 Å². The van der Waals surface area contributed by atoms with Crippen LogP contribution < -0.4 is 0 Å². The number of rotatable bonds is 15. The first kappa shape index (κ1) is 22.5. The lowest BCUT2D eigenvalue weighted by Gasteiger charge is -2.17. The van der Waals surface area contributed by atoms with E-state index >= 15 is 0 Å². The molecule has 0 aliphatic carbocycles. The van der Waals surface area contributed by atoms with Crippen LogP contribution in [0.3, 0.4) is 0 Å². The summed E-state index contributed by atoms with van der Waals surface area (Å²) in [6, 6.07) is 0. The van der Waals surface area contributed by atoms with Crippen molar-refractivity contribution in [2.24, 2.45) is 11.3 Å². The Morgan fingerprint density at radius 3 is 2.00 bits per heavy atom. The molecule has 0 radical (unpaired) electrons. The monoisotopic (exact) mass is 318 g/mol. The molecule has 1 atom stereocenters. The highest BCUT2D eigenvalue weighted by molar-refractivity contribution is 6.08. The molecule has 0 saturated carbocycles. The maximum absolute atomic E-state index is 4.28. The molecule has 0 heterocycles. The van der Waals surface area contributed by atoms with Gasteiger partial charge in [0.25, 0.3) is 0 Å². The second kappa shape index (κ2) is 13.9. The maximum Gasteiger partial charge on any atom is 0.101 e. The van der Waals surface area contributed by atoms with Crippen LogP contribution in [-0.4, -0.2) is 7.85 Å². The van der Waals surface area contributed by atoms with Crippen molar-refractivity contribution in [2.45, 2.75) is 104 Å². The van der Waals surface area contributed by atoms with Gasteiger partial charge in [-0.1, -0.05) is 77.4 Å². The molecule has 0 N–H and O–H groups in total. The Bertz CT molecular complexity index is 298. The van der Waals surface area contributed by atoms with Gasteiger partial charge in [0, 0.05) is 0 Å². The fraction of sp³-hybridized carbons (Fsp3) is 0.818. The molecule has 0 aromatic rings. The molecule has 0 rings (SSSR count). The SMILES string of the molecule is BCCCCC(C=C)CCCCC(=C)CCCCCC(C)(C)C. The molecule has 0 bridgehead atoms. The van der Waals surface area contributed by atoms with Gasteiger partial charge in [-0.25, -0.2) is 0 Å². The maximum atomic E-state index is 4.28. The zero-order valence-electron chi connectivity index (χ0n) is 16.8. The summed E-state index contributed by atoms with van der Waals surface area (Å²) < 4.78 is 0. The van der Waals surface area contributed by atoms with Crippen LogP contribution >= 0.6 is 0 Å². The molecular weight excluding hydrogens is 275 g/mol. The molecule has 0 spiro atoms. The third-order valence-corrected chi connectivity index (χ3v) is 4.82. The predicted octanol–water partition coefficient (Wildman–Crippen LogP) is 7.12. The molecule has 0 amide bonds. The molecule has 0 aromatic heterocycles. The molecule has 0 fully saturated rings. The Kier molecular flexibility index (Phi) is 13.7. The van der Waals surface area contributed by atoms with Gasteiger partial charge in [0.05, 0.1) is 0 Å². The van der Waals surface area contributed by atoms with E-state index < -0.39 is 0 Å². The van der Waals surface area contributed by atoms with Crippen LogP contribution in [0.15, 0.2) is 24.8 Å². The number of hydrogen-bond donors (Lipinski definition) is 0. The highest BCUT2D eigenvalue weighted by atomic mass is 14.1. The largest absolute Gasteiger partial charge is 0.103 e. The van der Waals surface area contributed by atoms with Crippen molar-refractivity contribution in [2.75, 3.05) is 0 Å². The van der Waals surface area contributed by atoms with E-state index in [0.717, 1.165) is 5.92 Å². The molecule has 134 valence electrons. The summed E-state index contributed by atoms with van der Waals surface area (Å²) in [5.74, 6) is 0.743. The molecule has 0 aliphatic heterocycles. The van der Waals surface area contributed by atoms with Crippen molar-refractivity contribution in [1.29, 1.82) is 0 Å². The molecule has 0 aromatic carbocycles. The minimum Gasteiger partial charge on any atom is -0.103 e. The second-order valence-corrected chi connectivity index (χ2v) is 8.61. The molecule has 0 aliphatic rings. The van der Waals surface area contributed by atoms with E-state index in [1.54, 1.807) is 0 Å². The van der Waals surface area contributed by atoms with Crippen LogP contribution in [0.5, 0.6) is 0 Å². The summed E-state index contributed by atoms with van der Waals surface area (Å²) in [7, 11) is 2.28. The van der Waals surface area contributed by atoms with Gasteiger partial charge in [-0.05, 0) is 56.3 Å². The van der Waals surface area contributed by atoms with E-state index in [1.165, 1.54) is 88.9 Å². The molecule has 1 unspecified atom stereocenters. The number of unbranched alkanes of at least 4 members (excludes halogenated alkanes) is 4. The molecule has 23 heavy (non-hydrogen) atoms. The average molecular weight is 318 g/mol. The highest BCUT2D eigenvalue weighted by Crippen LogP contribution is 2.24. The van der Waals surface area contributed by atoms with E-state index in [9.17, 15) is 0 Å². The van der Waals surface area contributed by atoms with Crippen LogP contribution in [0.4, 0.5) is 0 Å². The normalized spacial score (nSPS) is 13.0. The van der Waals surface area contributed by atoms with E-state index in [2.05, 4.69) is 47.9 Å². The van der Waals surface area contributed by atoms with Gasteiger partial charge in [-0.15, -0.1) is 6.58 Å². The van der Waals surface area contributed by atoms with Crippen molar-refractivity contribution >= 4 is 7.85 Å².